The van der Waals surface area contributed by atoms with Gasteiger partial charge in [0.15, 0.2) is 5.82 Å². The maximum absolute atomic E-state index is 13.7. The van der Waals surface area contributed by atoms with E-state index in [9.17, 15) is 13.6 Å². The molecule has 1 fully saturated rings. The van der Waals surface area contributed by atoms with Crippen molar-refractivity contribution in [2.24, 2.45) is 0 Å². The molecule has 3 aromatic rings. The molecule has 1 aromatic carbocycles. The molecule has 2 aromatic heterocycles. The molecule has 1 aliphatic heterocycles. The molecule has 0 unspecified atom stereocenters. The van der Waals surface area contributed by atoms with Gasteiger partial charge in [0, 0.05) is 38.3 Å². The highest BCUT2D eigenvalue weighted by atomic mass is 19.1. The summed E-state index contributed by atoms with van der Waals surface area (Å²) in [5.74, 6) is 0.149. The first-order valence-corrected chi connectivity index (χ1v) is 8.09. The Bertz CT molecular complexity index is 959. The van der Waals surface area contributed by atoms with Gasteiger partial charge in [0.1, 0.15) is 23.0 Å². The van der Waals surface area contributed by atoms with Crippen LogP contribution in [0.5, 0.6) is 0 Å². The summed E-state index contributed by atoms with van der Waals surface area (Å²) in [6.45, 7) is 3.64. The molecule has 1 saturated heterocycles. The van der Waals surface area contributed by atoms with Crippen LogP contribution in [0.2, 0.25) is 0 Å². The first-order chi connectivity index (χ1) is 12.1. The lowest BCUT2D eigenvalue weighted by Gasteiger charge is -2.35. The van der Waals surface area contributed by atoms with Crippen molar-refractivity contribution in [3.8, 4) is 0 Å². The van der Waals surface area contributed by atoms with Crippen molar-refractivity contribution in [3.63, 3.8) is 0 Å². The summed E-state index contributed by atoms with van der Waals surface area (Å²) < 4.78 is 27.0. The number of benzene rings is 1. The van der Waals surface area contributed by atoms with Crippen LogP contribution in [-0.2, 0) is 6.54 Å². The van der Waals surface area contributed by atoms with E-state index in [0.717, 1.165) is 38.1 Å². The molecule has 6 nitrogen and oxygen atoms in total. The van der Waals surface area contributed by atoms with E-state index < -0.39 is 11.6 Å². The van der Waals surface area contributed by atoms with Crippen LogP contribution < -0.4 is 10.5 Å². The second kappa shape index (κ2) is 6.29. The Kier molecular flexibility index (Phi) is 3.96. The number of imidazole rings is 1. The number of aromatic nitrogens is 3. The average molecular weight is 345 g/mol. The SMILES string of the molecule is O=c1cccc(N2CCN(Cc3nc4c(F)cc(F)cc4[nH]3)CC2)[nH]1. The number of aromatic amines is 2. The van der Waals surface area contributed by atoms with E-state index in [2.05, 4.69) is 24.8 Å². The number of nitrogens with one attached hydrogen (secondary N) is 2. The van der Waals surface area contributed by atoms with Crippen LogP contribution in [0.25, 0.3) is 11.0 Å². The van der Waals surface area contributed by atoms with Crippen molar-refractivity contribution in [2.45, 2.75) is 6.54 Å². The second-order valence-corrected chi connectivity index (χ2v) is 6.13. The third-order valence-corrected chi connectivity index (χ3v) is 4.39. The van der Waals surface area contributed by atoms with Gasteiger partial charge in [-0.05, 0) is 12.1 Å². The molecule has 2 N–H and O–H groups in total. The van der Waals surface area contributed by atoms with Crippen LogP contribution in [0.15, 0.2) is 35.1 Å². The van der Waals surface area contributed by atoms with Crippen molar-refractivity contribution < 1.29 is 8.78 Å². The van der Waals surface area contributed by atoms with Crippen LogP contribution >= 0.6 is 0 Å². The van der Waals surface area contributed by atoms with Gasteiger partial charge in [0.05, 0.1) is 12.1 Å². The molecule has 0 bridgehead atoms. The van der Waals surface area contributed by atoms with E-state index in [1.54, 1.807) is 6.07 Å². The number of hydrogen-bond acceptors (Lipinski definition) is 4. The third kappa shape index (κ3) is 3.25. The number of halogens is 2. The van der Waals surface area contributed by atoms with Crippen molar-refractivity contribution >= 4 is 16.9 Å². The lowest BCUT2D eigenvalue weighted by Crippen LogP contribution is -2.46. The zero-order valence-electron chi connectivity index (χ0n) is 13.4. The van der Waals surface area contributed by atoms with Crippen LogP contribution in [0.4, 0.5) is 14.6 Å². The summed E-state index contributed by atoms with van der Waals surface area (Å²) in [6, 6.07) is 7.20. The second-order valence-electron chi connectivity index (χ2n) is 6.13. The fourth-order valence-electron chi connectivity index (χ4n) is 3.15. The van der Waals surface area contributed by atoms with Crippen molar-refractivity contribution in [3.05, 3.63) is 58.1 Å². The topological polar surface area (TPSA) is 68.0 Å². The minimum absolute atomic E-state index is 0.114. The van der Waals surface area contributed by atoms with Gasteiger partial charge in [-0.15, -0.1) is 0 Å². The summed E-state index contributed by atoms with van der Waals surface area (Å²) in [4.78, 5) is 25.8. The third-order valence-electron chi connectivity index (χ3n) is 4.39. The van der Waals surface area contributed by atoms with Crippen LogP contribution in [0, 0.1) is 11.6 Å². The van der Waals surface area contributed by atoms with Crippen molar-refractivity contribution in [2.75, 3.05) is 31.1 Å². The number of H-pyrrole nitrogens is 2. The van der Waals surface area contributed by atoms with E-state index in [1.807, 2.05) is 6.07 Å². The number of piperazine rings is 1. The molecule has 0 spiro atoms. The molecule has 0 radical (unpaired) electrons. The molecule has 3 heterocycles. The van der Waals surface area contributed by atoms with Gasteiger partial charge in [0.25, 0.3) is 0 Å². The first kappa shape index (κ1) is 15.8. The Morgan fingerprint density at radius 3 is 2.64 bits per heavy atom. The van der Waals surface area contributed by atoms with E-state index in [4.69, 9.17) is 0 Å². The van der Waals surface area contributed by atoms with Gasteiger partial charge < -0.3 is 14.9 Å². The maximum atomic E-state index is 13.7. The Hall–Kier alpha value is -2.74. The van der Waals surface area contributed by atoms with E-state index in [0.29, 0.717) is 17.9 Å². The van der Waals surface area contributed by atoms with E-state index >= 15 is 0 Å². The minimum Gasteiger partial charge on any atom is -0.356 e. The predicted molar refractivity (Wildman–Crippen MR) is 90.6 cm³/mol. The van der Waals surface area contributed by atoms with Gasteiger partial charge in [-0.3, -0.25) is 9.69 Å². The van der Waals surface area contributed by atoms with Gasteiger partial charge >= 0.3 is 0 Å². The van der Waals surface area contributed by atoms with Crippen LogP contribution in [0.3, 0.4) is 0 Å². The number of fused-ring (bicyclic) bond motifs is 1. The van der Waals surface area contributed by atoms with Crippen molar-refractivity contribution in [1.82, 2.24) is 19.9 Å². The summed E-state index contributed by atoms with van der Waals surface area (Å²) in [5, 5.41) is 0. The largest absolute Gasteiger partial charge is 0.356 e. The molecule has 8 heteroatoms. The normalized spacial score (nSPS) is 15.8. The summed E-state index contributed by atoms with van der Waals surface area (Å²) in [5.41, 5.74) is 0.418. The number of hydrogen-bond donors (Lipinski definition) is 2. The van der Waals surface area contributed by atoms with Crippen LogP contribution in [0.1, 0.15) is 5.82 Å². The molecular formula is C17H17F2N5O. The Morgan fingerprint density at radius 1 is 1.08 bits per heavy atom. The zero-order chi connectivity index (χ0) is 17.4. The quantitative estimate of drug-likeness (QED) is 0.760. The minimum atomic E-state index is -0.657. The maximum Gasteiger partial charge on any atom is 0.249 e. The highest BCUT2D eigenvalue weighted by Gasteiger charge is 2.19. The predicted octanol–water partition coefficient (Wildman–Crippen LogP) is 1.85. The summed E-state index contributed by atoms with van der Waals surface area (Å²) in [7, 11) is 0. The lowest BCUT2D eigenvalue weighted by atomic mass is 10.3. The van der Waals surface area contributed by atoms with Gasteiger partial charge in [-0.1, -0.05) is 6.07 Å². The van der Waals surface area contributed by atoms with E-state index in [1.165, 1.54) is 12.1 Å². The highest BCUT2D eigenvalue weighted by molar-refractivity contribution is 5.75. The molecule has 0 saturated carbocycles. The molecule has 25 heavy (non-hydrogen) atoms. The number of anilines is 1. The van der Waals surface area contributed by atoms with Crippen LogP contribution in [-0.4, -0.2) is 46.0 Å². The van der Waals surface area contributed by atoms with Gasteiger partial charge in [0.2, 0.25) is 5.56 Å². The van der Waals surface area contributed by atoms with Gasteiger partial charge in [-0.25, -0.2) is 13.8 Å². The molecule has 130 valence electrons. The van der Waals surface area contributed by atoms with E-state index in [-0.39, 0.29) is 11.1 Å². The summed E-state index contributed by atoms with van der Waals surface area (Å²) >= 11 is 0. The molecule has 4 rings (SSSR count). The average Bonchev–Trinajstić information content (AvgIpc) is 2.98. The fraction of sp³-hybridized carbons (Fsp3) is 0.294. The standard InChI is InChI=1S/C17H17F2N5O/c18-11-8-12(19)17-13(9-11)20-14(21-17)10-23-4-6-24(7-5-23)15-2-1-3-16(25)22-15/h1-3,8-9H,4-7,10H2,(H,20,21)(H,22,25). The van der Waals surface area contributed by atoms with Gasteiger partial charge in [-0.2, -0.15) is 0 Å². The number of pyridine rings is 1. The summed E-state index contributed by atoms with van der Waals surface area (Å²) in [6.07, 6.45) is 0. The van der Waals surface area contributed by atoms with Crippen molar-refractivity contribution in [1.29, 1.82) is 0 Å². The lowest BCUT2D eigenvalue weighted by molar-refractivity contribution is 0.244. The monoisotopic (exact) mass is 345 g/mol. The molecule has 1 aliphatic rings. The highest BCUT2D eigenvalue weighted by Crippen LogP contribution is 2.19. The molecule has 0 amide bonds. The number of rotatable bonds is 3. The zero-order valence-corrected chi connectivity index (χ0v) is 13.4. The Labute approximate surface area is 142 Å². The number of nitrogens with zero attached hydrogens (tertiary/aromatic N) is 3. The Morgan fingerprint density at radius 2 is 1.88 bits per heavy atom. The molecular weight excluding hydrogens is 328 g/mol. The fourth-order valence-corrected chi connectivity index (χ4v) is 3.15. The smallest absolute Gasteiger partial charge is 0.249 e. The molecule has 0 atom stereocenters. The Balaban J connectivity index is 1.43. The first-order valence-electron chi connectivity index (χ1n) is 8.09. The molecule has 0 aliphatic carbocycles.